The molecule has 7 nitrogen and oxygen atoms in total. The van der Waals surface area contributed by atoms with Gasteiger partial charge in [-0.05, 0) is 50.8 Å². The van der Waals surface area contributed by atoms with Crippen molar-refractivity contribution >= 4 is 11.7 Å². The maximum absolute atomic E-state index is 13.0. The number of aliphatic hydroxyl groups excluding tert-OH is 1. The van der Waals surface area contributed by atoms with Gasteiger partial charge in [0.05, 0.1) is 31.4 Å². The van der Waals surface area contributed by atoms with E-state index in [1.165, 1.54) is 0 Å². The Bertz CT molecular complexity index is 814. The lowest BCUT2D eigenvalue weighted by atomic mass is 9.92. The minimum atomic E-state index is -0.678. The van der Waals surface area contributed by atoms with Crippen molar-refractivity contribution in [3.63, 3.8) is 0 Å². The molecule has 2 rings (SSSR count). The Hall–Kier alpha value is -2.54. The number of aliphatic hydroxyl groups is 1. The summed E-state index contributed by atoms with van der Waals surface area (Å²) in [5.41, 5.74) is 0.842. The third kappa shape index (κ3) is 6.00. The average molecular weight is 434 g/mol. The van der Waals surface area contributed by atoms with E-state index in [4.69, 9.17) is 14.2 Å². The number of benzene rings is 1. The number of nitrogens with zero attached hydrogens (tertiary/aromatic N) is 1. The van der Waals surface area contributed by atoms with Crippen molar-refractivity contribution in [2.45, 2.75) is 59.6 Å². The van der Waals surface area contributed by atoms with Crippen molar-refractivity contribution < 1.29 is 28.9 Å². The van der Waals surface area contributed by atoms with E-state index in [1.54, 1.807) is 30.2 Å². The summed E-state index contributed by atoms with van der Waals surface area (Å²) in [6.45, 7) is 10.9. The molecule has 1 aromatic rings. The first-order valence-electron chi connectivity index (χ1n) is 10.9. The topological polar surface area (TPSA) is 85.3 Å². The lowest BCUT2D eigenvalue weighted by molar-refractivity contribution is -0.129. The Balaban J connectivity index is 2.44. The molecule has 1 aromatic carbocycles. The molecule has 0 aliphatic carbocycles. The van der Waals surface area contributed by atoms with Gasteiger partial charge in [-0.15, -0.1) is 0 Å². The third-order valence-corrected chi connectivity index (χ3v) is 5.00. The number of ketones is 1. The highest BCUT2D eigenvalue weighted by atomic mass is 16.5. The van der Waals surface area contributed by atoms with Crippen molar-refractivity contribution in [3.05, 3.63) is 35.1 Å². The zero-order chi connectivity index (χ0) is 23.1. The van der Waals surface area contributed by atoms with Gasteiger partial charge in [0.15, 0.2) is 23.0 Å². The summed E-state index contributed by atoms with van der Waals surface area (Å²) < 4.78 is 16.6. The molecule has 0 fully saturated rings. The van der Waals surface area contributed by atoms with Gasteiger partial charge in [-0.3, -0.25) is 9.59 Å². The molecule has 1 heterocycles. The van der Waals surface area contributed by atoms with E-state index >= 15 is 0 Å². The smallest absolute Gasteiger partial charge is 0.290 e. The van der Waals surface area contributed by atoms with Gasteiger partial charge in [0.2, 0.25) is 0 Å². The van der Waals surface area contributed by atoms with E-state index in [-0.39, 0.29) is 29.8 Å². The van der Waals surface area contributed by atoms with Crippen LogP contribution in [-0.4, -0.2) is 54.7 Å². The monoisotopic (exact) mass is 433 g/mol. The van der Waals surface area contributed by atoms with Gasteiger partial charge in [-0.25, -0.2) is 0 Å². The number of carbonyl (C=O) groups excluding carboxylic acids is 2. The standard InChI is InChI=1S/C24H35NO6/c1-7-30-20-14-17(9-10-19(20)29-6)22-21(18(26)13-15(2)3)23(27)24(28)25(22)11-8-12-31-16(4)5/h9-10,14-16,22,27H,7-8,11-13H2,1-6H3. The molecule has 0 saturated carbocycles. The molecular formula is C24H35NO6. The molecule has 0 spiro atoms. The van der Waals surface area contributed by atoms with Crippen LogP contribution in [0.1, 0.15) is 59.1 Å². The third-order valence-electron chi connectivity index (χ3n) is 5.00. The fraction of sp³-hybridized carbons (Fsp3) is 0.583. The largest absolute Gasteiger partial charge is 0.503 e. The Labute approximate surface area is 185 Å². The molecule has 0 radical (unpaired) electrons. The van der Waals surface area contributed by atoms with Gasteiger partial charge >= 0.3 is 0 Å². The molecule has 7 heteroatoms. The summed E-state index contributed by atoms with van der Waals surface area (Å²) in [5, 5.41) is 10.6. The van der Waals surface area contributed by atoms with Crippen LogP contribution in [-0.2, 0) is 14.3 Å². The minimum absolute atomic E-state index is 0.0927. The maximum atomic E-state index is 13.0. The van der Waals surface area contributed by atoms with Crippen LogP contribution in [0.15, 0.2) is 29.5 Å². The molecule has 1 N–H and O–H groups in total. The molecule has 1 unspecified atom stereocenters. The number of rotatable bonds is 12. The van der Waals surface area contributed by atoms with Crippen LogP contribution >= 0.6 is 0 Å². The minimum Gasteiger partial charge on any atom is -0.503 e. The van der Waals surface area contributed by atoms with Gasteiger partial charge in [-0.2, -0.15) is 0 Å². The van der Waals surface area contributed by atoms with Crippen molar-refractivity contribution in [2.24, 2.45) is 5.92 Å². The first-order valence-corrected chi connectivity index (χ1v) is 10.9. The summed E-state index contributed by atoms with van der Waals surface area (Å²) in [6, 6.07) is 4.66. The highest BCUT2D eigenvalue weighted by molar-refractivity contribution is 6.09. The number of ether oxygens (including phenoxy) is 3. The highest BCUT2D eigenvalue weighted by Gasteiger charge is 2.43. The molecule has 1 amide bonds. The van der Waals surface area contributed by atoms with Crippen molar-refractivity contribution in [1.82, 2.24) is 4.90 Å². The Morgan fingerprint density at radius 3 is 2.48 bits per heavy atom. The summed E-state index contributed by atoms with van der Waals surface area (Å²) in [6.07, 6.45) is 0.936. The number of amides is 1. The van der Waals surface area contributed by atoms with Crippen LogP contribution in [0.4, 0.5) is 0 Å². The number of carbonyl (C=O) groups is 2. The van der Waals surface area contributed by atoms with Gasteiger partial charge in [0.1, 0.15) is 0 Å². The second-order valence-corrected chi connectivity index (χ2v) is 8.30. The van der Waals surface area contributed by atoms with E-state index in [0.717, 1.165) is 0 Å². The van der Waals surface area contributed by atoms with Crippen molar-refractivity contribution in [2.75, 3.05) is 26.9 Å². The molecule has 0 bridgehead atoms. The fourth-order valence-electron chi connectivity index (χ4n) is 3.68. The predicted octanol–water partition coefficient (Wildman–Crippen LogP) is 4.22. The highest BCUT2D eigenvalue weighted by Crippen LogP contribution is 2.41. The van der Waals surface area contributed by atoms with Crippen molar-refractivity contribution in [1.29, 1.82) is 0 Å². The zero-order valence-corrected chi connectivity index (χ0v) is 19.4. The molecule has 1 atom stereocenters. The molecule has 1 aliphatic heterocycles. The lowest BCUT2D eigenvalue weighted by Gasteiger charge is -2.27. The van der Waals surface area contributed by atoms with E-state index in [0.29, 0.717) is 43.2 Å². The lowest BCUT2D eigenvalue weighted by Crippen LogP contribution is -2.33. The summed E-state index contributed by atoms with van der Waals surface area (Å²) >= 11 is 0. The van der Waals surface area contributed by atoms with Crippen LogP contribution in [0.3, 0.4) is 0 Å². The molecule has 0 aromatic heterocycles. The van der Waals surface area contributed by atoms with E-state index in [2.05, 4.69) is 0 Å². The predicted molar refractivity (Wildman–Crippen MR) is 118 cm³/mol. The van der Waals surface area contributed by atoms with Crippen LogP contribution in [0.5, 0.6) is 11.5 Å². The molecule has 31 heavy (non-hydrogen) atoms. The van der Waals surface area contributed by atoms with Gasteiger partial charge in [0, 0.05) is 19.6 Å². The zero-order valence-electron chi connectivity index (χ0n) is 19.4. The van der Waals surface area contributed by atoms with E-state index < -0.39 is 17.7 Å². The Kier molecular flexibility index (Phi) is 8.92. The number of methoxy groups -OCH3 is 1. The average Bonchev–Trinajstić information content (AvgIpc) is 2.95. The summed E-state index contributed by atoms with van der Waals surface area (Å²) in [7, 11) is 1.56. The van der Waals surface area contributed by atoms with Crippen molar-refractivity contribution in [3.8, 4) is 11.5 Å². The van der Waals surface area contributed by atoms with E-state index in [1.807, 2.05) is 34.6 Å². The maximum Gasteiger partial charge on any atom is 0.290 e. The van der Waals surface area contributed by atoms with Crippen LogP contribution in [0.2, 0.25) is 0 Å². The number of hydrogen-bond donors (Lipinski definition) is 1. The second kappa shape index (κ2) is 11.2. The summed E-state index contributed by atoms with van der Waals surface area (Å²) in [5.74, 6) is -0.0211. The molecular weight excluding hydrogens is 398 g/mol. The van der Waals surface area contributed by atoms with Gasteiger partial charge in [-0.1, -0.05) is 19.9 Å². The fourth-order valence-corrected chi connectivity index (χ4v) is 3.68. The van der Waals surface area contributed by atoms with E-state index in [9.17, 15) is 14.7 Å². The Morgan fingerprint density at radius 1 is 1.19 bits per heavy atom. The van der Waals surface area contributed by atoms with Gasteiger partial charge in [0.25, 0.3) is 5.91 Å². The first kappa shape index (κ1) is 24.7. The molecule has 0 saturated heterocycles. The SMILES string of the molecule is CCOc1cc(C2C(C(=O)CC(C)C)=C(O)C(=O)N2CCCOC(C)C)ccc1OC. The quantitative estimate of drug-likeness (QED) is 0.497. The van der Waals surface area contributed by atoms with Crippen LogP contribution in [0, 0.1) is 5.92 Å². The normalized spacial score (nSPS) is 16.6. The van der Waals surface area contributed by atoms with Crippen LogP contribution < -0.4 is 9.47 Å². The Morgan fingerprint density at radius 2 is 1.90 bits per heavy atom. The van der Waals surface area contributed by atoms with Crippen LogP contribution in [0.25, 0.3) is 0 Å². The summed E-state index contributed by atoms with van der Waals surface area (Å²) in [4.78, 5) is 27.5. The molecule has 172 valence electrons. The number of hydrogen-bond acceptors (Lipinski definition) is 6. The number of Topliss-reactive ketones (excluding diaryl/α,β-unsaturated/α-hetero) is 1. The van der Waals surface area contributed by atoms with Gasteiger partial charge < -0.3 is 24.2 Å². The molecule has 1 aliphatic rings. The first-order chi connectivity index (χ1) is 14.7. The second-order valence-electron chi connectivity index (χ2n) is 8.30.